The Morgan fingerprint density at radius 2 is 1.79 bits per heavy atom. The highest BCUT2D eigenvalue weighted by atomic mass is 19.3. The number of rotatable bonds is 8. The van der Waals surface area contributed by atoms with Crippen LogP contribution in [0.25, 0.3) is 16.9 Å². The van der Waals surface area contributed by atoms with Crippen LogP contribution in [0.1, 0.15) is 44.0 Å². The number of nitrogens with one attached hydrogen (secondary N) is 1. The number of halogens is 2. The van der Waals surface area contributed by atoms with Crippen molar-refractivity contribution >= 4 is 28.5 Å². The summed E-state index contributed by atoms with van der Waals surface area (Å²) in [5.41, 5.74) is 3.44. The average Bonchev–Trinajstić information content (AvgIpc) is 3.62. The number of alkyl halides is 2. The quantitative estimate of drug-likeness (QED) is 0.317. The topological polar surface area (TPSA) is 71.3 Å². The molecule has 2 aromatic carbocycles. The molecule has 2 aliphatic heterocycles. The number of ether oxygens (including phenoxy) is 1. The predicted molar refractivity (Wildman–Crippen MR) is 149 cm³/mol. The molecule has 4 heterocycles. The van der Waals surface area contributed by atoms with Gasteiger partial charge in [0.25, 0.3) is 6.43 Å². The molecule has 0 amide bonds. The fraction of sp³-hybridized carbons (Fsp3) is 0.414. The zero-order valence-corrected chi connectivity index (χ0v) is 22.1. The van der Waals surface area contributed by atoms with E-state index in [9.17, 15) is 8.78 Å². The fourth-order valence-electron chi connectivity index (χ4n) is 5.56. The third kappa shape index (κ3) is 5.25. The highest BCUT2D eigenvalue weighted by molar-refractivity contribution is 5.78. The summed E-state index contributed by atoms with van der Waals surface area (Å²) in [5.74, 6) is 1.06. The Labute approximate surface area is 226 Å². The highest BCUT2D eigenvalue weighted by Crippen LogP contribution is 2.30. The lowest BCUT2D eigenvalue weighted by Crippen LogP contribution is -2.37. The Morgan fingerprint density at radius 3 is 2.56 bits per heavy atom. The van der Waals surface area contributed by atoms with Crippen LogP contribution in [0.2, 0.25) is 0 Å². The lowest BCUT2D eigenvalue weighted by atomic mass is 10.1. The summed E-state index contributed by atoms with van der Waals surface area (Å²) in [6.45, 7) is 6.29. The Hall–Kier alpha value is -3.79. The van der Waals surface area contributed by atoms with Gasteiger partial charge in [-0.3, -0.25) is 4.57 Å². The first-order chi connectivity index (χ1) is 19.1. The molecule has 1 atom stereocenters. The Bertz CT molecular complexity index is 1420. The van der Waals surface area contributed by atoms with E-state index in [1.165, 1.54) is 23.1 Å². The van der Waals surface area contributed by atoms with Crippen molar-refractivity contribution in [3.8, 4) is 5.82 Å². The minimum Gasteiger partial charge on any atom is -0.378 e. The summed E-state index contributed by atoms with van der Waals surface area (Å²) in [4.78, 5) is 18.2. The van der Waals surface area contributed by atoms with Gasteiger partial charge in [-0.2, -0.15) is 9.97 Å². The summed E-state index contributed by atoms with van der Waals surface area (Å²) >= 11 is 0. The number of fused-ring (bicyclic) bond motifs is 1. The molecule has 2 aliphatic rings. The second-order valence-corrected chi connectivity index (χ2v) is 10.0. The van der Waals surface area contributed by atoms with Gasteiger partial charge < -0.3 is 19.9 Å². The predicted octanol–water partition coefficient (Wildman–Crippen LogP) is 5.58. The van der Waals surface area contributed by atoms with Gasteiger partial charge >= 0.3 is 0 Å². The zero-order valence-electron chi connectivity index (χ0n) is 22.1. The molecule has 2 aromatic heterocycles. The number of hydrogen-bond acceptors (Lipinski definition) is 7. The van der Waals surface area contributed by atoms with E-state index in [0.717, 1.165) is 18.5 Å². The van der Waals surface area contributed by atoms with Crippen LogP contribution >= 0.6 is 0 Å². The average molecular weight is 534 g/mol. The molecule has 0 bridgehead atoms. The van der Waals surface area contributed by atoms with Crippen LogP contribution in [0, 0.1) is 0 Å². The minimum absolute atomic E-state index is 0.336. The van der Waals surface area contributed by atoms with Crippen LogP contribution in [0.5, 0.6) is 0 Å². The SMILES string of the molecule is CC[C@@H]1CCCN1c1ccc(CNc2cc(-n3c(C(F)F)nc4ccccc43)nc(N3CCOCC3)n2)cc1. The van der Waals surface area contributed by atoms with Crippen molar-refractivity contribution in [2.45, 2.75) is 45.2 Å². The monoisotopic (exact) mass is 533 g/mol. The maximum absolute atomic E-state index is 14.1. The number of anilines is 3. The zero-order chi connectivity index (χ0) is 26.8. The van der Waals surface area contributed by atoms with Gasteiger partial charge in [0.15, 0.2) is 5.82 Å². The van der Waals surface area contributed by atoms with E-state index in [1.54, 1.807) is 24.3 Å². The van der Waals surface area contributed by atoms with Gasteiger partial charge in [0.2, 0.25) is 5.95 Å². The summed E-state index contributed by atoms with van der Waals surface area (Å²) in [6.07, 6.45) is 0.894. The number of morpholine rings is 1. The van der Waals surface area contributed by atoms with E-state index in [-0.39, 0.29) is 5.82 Å². The van der Waals surface area contributed by atoms with Gasteiger partial charge in [-0.1, -0.05) is 31.2 Å². The maximum Gasteiger partial charge on any atom is 0.296 e. The molecular weight excluding hydrogens is 500 g/mol. The van der Waals surface area contributed by atoms with Gasteiger partial charge in [0.1, 0.15) is 11.6 Å². The molecule has 6 rings (SSSR count). The third-order valence-corrected chi connectivity index (χ3v) is 7.60. The second-order valence-electron chi connectivity index (χ2n) is 10.0. The standard InChI is InChI=1S/C29H33F2N7O/c1-2-21-6-5-13-37(21)22-11-9-20(10-12-22)19-32-25-18-26(35-29(34-25)36-14-16-39-17-15-36)38-24-8-4-3-7-23(24)33-28(38)27(30)31/h3-4,7-12,18,21,27H,2,5-6,13-17,19H2,1H3,(H,32,34,35)/t21-/m1/s1. The highest BCUT2D eigenvalue weighted by Gasteiger charge is 2.24. The van der Waals surface area contributed by atoms with Crippen molar-refractivity contribution in [2.24, 2.45) is 0 Å². The lowest BCUT2D eigenvalue weighted by molar-refractivity contribution is 0.122. The first-order valence-electron chi connectivity index (χ1n) is 13.7. The molecule has 204 valence electrons. The Balaban J connectivity index is 1.31. The van der Waals surface area contributed by atoms with E-state index in [2.05, 4.69) is 46.4 Å². The molecule has 1 N–H and O–H groups in total. The second kappa shape index (κ2) is 11.1. The van der Waals surface area contributed by atoms with Crippen molar-refractivity contribution in [1.29, 1.82) is 0 Å². The molecule has 2 fully saturated rings. The number of nitrogens with zero attached hydrogens (tertiary/aromatic N) is 6. The number of hydrogen-bond donors (Lipinski definition) is 1. The molecule has 2 saturated heterocycles. The van der Waals surface area contributed by atoms with E-state index in [0.29, 0.717) is 67.5 Å². The van der Waals surface area contributed by atoms with E-state index in [4.69, 9.17) is 14.7 Å². The molecule has 0 saturated carbocycles. The van der Waals surface area contributed by atoms with E-state index < -0.39 is 6.43 Å². The Morgan fingerprint density at radius 1 is 1.00 bits per heavy atom. The molecule has 0 radical (unpaired) electrons. The summed E-state index contributed by atoms with van der Waals surface area (Å²) in [6, 6.07) is 18.1. The van der Waals surface area contributed by atoms with Crippen LogP contribution in [0.15, 0.2) is 54.6 Å². The number of benzene rings is 2. The molecule has 4 aromatic rings. The number of imidazole rings is 1. The fourth-order valence-corrected chi connectivity index (χ4v) is 5.56. The lowest BCUT2D eigenvalue weighted by Gasteiger charge is -2.27. The van der Waals surface area contributed by atoms with Gasteiger partial charge in [0.05, 0.1) is 24.2 Å². The summed E-state index contributed by atoms with van der Waals surface area (Å²) < 4.78 is 35.1. The van der Waals surface area contributed by atoms with E-state index in [1.807, 2.05) is 11.0 Å². The normalized spacial score (nSPS) is 17.9. The Kier molecular flexibility index (Phi) is 7.28. The number of aromatic nitrogens is 4. The van der Waals surface area contributed by atoms with Gasteiger partial charge in [-0.05, 0) is 49.1 Å². The van der Waals surface area contributed by atoms with Crippen molar-refractivity contribution in [1.82, 2.24) is 19.5 Å². The maximum atomic E-state index is 14.1. The molecular formula is C29H33F2N7O. The summed E-state index contributed by atoms with van der Waals surface area (Å²) in [7, 11) is 0. The minimum atomic E-state index is -2.75. The smallest absolute Gasteiger partial charge is 0.296 e. The molecule has 0 aliphatic carbocycles. The number of para-hydroxylation sites is 2. The van der Waals surface area contributed by atoms with Crippen molar-refractivity contribution < 1.29 is 13.5 Å². The molecule has 0 spiro atoms. The van der Waals surface area contributed by atoms with E-state index >= 15 is 0 Å². The van der Waals surface area contributed by atoms with Gasteiger partial charge in [0, 0.05) is 44.0 Å². The van der Waals surface area contributed by atoms with Crippen molar-refractivity contribution in [3.05, 3.63) is 66.0 Å². The first kappa shape index (κ1) is 25.5. The van der Waals surface area contributed by atoms with Gasteiger partial charge in [-0.25, -0.2) is 13.8 Å². The van der Waals surface area contributed by atoms with Crippen molar-refractivity contribution in [2.75, 3.05) is 48.0 Å². The summed E-state index contributed by atoms with van der Waals surface area (Å²) in [5, 5.41) is 3.40. The van der Waals surface area contributed by atoms with Gasteiger partial charge in [-0.15, -0.1) is 0 Å². The van der Waals surface area contributed by atoms with Crippen LogP contribution in [-0.4, -0.2) is 58.4 Å². The largest absolute Gasteiger partial charge is 0.378 e. The molecule has 10 heteroatoms. The van der Waals surface area contributed by atoms with Crippen molar-refractivity contribution in [3.63, 3.8) is 0 Å². The van der Waals surface area contributed by atoms with Crippen LogP contribution in [-0.2, 0) is 11.3 Å². The molecule has 39 heavy (non-hydrogen) atoms. The van der Waals surface area contributed by atoms with Crippen LogP contribution in [0.3, 0.4) is 0 Å². The molecule has 0 unspecified atom stereocenters. The third-order valence-electron chi connectivity index (χ3n) is 7.60. The molecule has 8 nitrogen and oxygen atoms in total. The van der Waals surface area contributed by atoms with Crippen LogP contribution < -0.4 is 15.1 Å². The van der Waals surface area contributed by atoms with Crippen LogP contribution in [0.4, 0.5) is 26.2 Å². The first-order valence-corrected chi connectivity index (χ1v) is 13.7.